The number of benzene rings is 3. The van der Waals surface area contributed by atoms with Crippen molar-refractivity contribution in [2.75, 3.05) is 17.3 Å². The first-order valence-electron chi connectivity index (χ1n) is 12.8. The Bertz CT molecular complexity index is 1730. The van der Waals surface area contributed by atoms with E-state index >= 15 is 0 Å². The van der Waals surface area contributed by atoms with Gasteiger partial charge in [-0.05, 0) is 60.5 Å². The van der Waals surface area contributed by atoms with Crippen LogP contribution in [-0.4, -0.2) is 34.6 Å². The lowest BCUT2D eigenvalue weighted by Gasteiger charge is -2.30. The monoisotopic (exact) mass is 605 g/mol. The molecular weight excluding hydrogens is 582 g/mol. The molecule has 1 aromatic heterocycles. The fraction of sp³-hybridized carbons (Fsp3) is 0.200. The van der Waals surface area contributed by atoms with Gasteiger partial charge in [-0.1, -0.05) is 65.0 Å². The van der Waals surface area contributed by atoms with Crippen LogP contribution in [0.5, 0.6) is 5.75 Å². The Kier molecular flexibility index (Phi) is 7.23. The number of para-hydroxylation sites is 1. The summed E-state index contributed by atoms with van der Waals surface area (Å²) in [5, 5.41) is 3.15. The lowest BCUT2D eigenvalue weighted by atomic mass is 9.83. The molecule has 2 aliphatic heterocycles. The van der Waals surface area contributed by atoms with Crippen LogP contribution in [0, 0.1) is 12.8 Å². The van der Waals surface area contributed by atoms with Crippen LogP contribution in [0.25, 0.3) is 0 Å². The predicted octanol–water partition coefficient (Wildman–Crippen LogP) is 5.31. The number of hydrogen-bond donors (Lipinski definition) is 1. The van der Waals surface area contributed by atoms with Crippen LogP contribution in [0.4, 0.5) is 11.4 Å². The average molecular weight is 606 g/mol. The molecule has 0 unspecified atom stereocenters. The van der Waals surface area contributed by atoms with E-state index in [9.17, 15) is 19.2 Å². The van der Waals surface area contributed by atoms with Gasteiger partial charge in [0.15, 0.2) is 0 Å². The maximum absolute atomic E-state index is 14.0. The van der Waals surface area contributed by atoms with Crippen LogP contribution in [0.15, 0.2) is 82.6 Å². The molecule has 1 N–H and O–H groups in total. The van der Waals surface area contributed by atoms with E-state index in [0.717, 1.165) is 22.5 Å². The highest BCUT2D eigenvalue weighted by Gasteiger charge is 2.56. The zero-order valence-electron chi connectivity index (χ0n) is 22.0. The van der Waals surface area contributed by atoms with Crippen molar-refractivity contribution in [2.24, 2.45) is 5.92 Å². The van der Waals surface area contributed by atoms with Crippen molar-refractivity contribution in [1.29, 1.82) is 0 Å². The van der Waals surface area contributed by atoms with Crippen molar-refractivity contribution in [3.05, 3.63) is 103 Å². The Hall–Kier alpha value is -3.86. The second-order valence-corrected chi connectivity index (χ2v) is 12.3. The molecule has 4 aromatic rings. The van der Waals surface area contributed by atoms with Crippen molar-refractivity contribution in [3.63, 3.8) is 0 Å². The SMILES string of the molecule is COc1ccc(N2C(=O)[C@H]3[C@H](c4ccc(Cl)cc4)c4sc(=O)n(CC(=O)Nc5ccccc5C)c4S[C@H]3C2=O)cc1. The Labute approximate surface area is 248 Å². The lowest BCUT2D eigenvalue weighted by Crippen LogP contribution is -2.33. The van der Waals surface area contributed by atoms with E-state index in [2.05, 4.69) is 5.32 Å². The van der Waals surface area contributed by atoms with Gasteiger partial charge in [-0.3, -0.25) is 23.7 Å². The molecule has 3 heterocycles. The first-order chi connectivity index (χ1) is 19.8. The number of aromatic nitrogens is 1. The summed E-state index contributed by atoms with van der Waals surface area (Å²) < 4.78 is 6.64. The quantitative estimate of drug-likeness (QED) is 0.299. The predicted molar refractivity (Wildman–Crippen MR) is 160 cm³/mol. The molecule has 11 heteroatoms. The summed E-state index contributed by atoms with van der Waals surface area (Å²) in [6.07, 6.45) is 0. The minimum atomic E-state index is -0.780. The molecule has 0 aliphatic carbocycles. The molecule has 0 spiro atoms. The molecule has 3 amide bonds. The standard InChI is InChI=1S/C30H24ClN3O5S2/c1-16-5-3-4-6-21(16)32-22(35)15-33-29-26(41-30(33)38)23(17-7-9-18(31)10-8-17)24-25(40-29)28(37)34(27(24)36)19-11-13-20(39-2)14-12-19/h3-14,23-25H,15H2,1-2H3,(H,32,35)/t23-,24-,25+/m0/s1. The zero-order valence-corrected chi connectivity index (χ0v) is 24.4. The molecule has 0 bridgehead atoms. The molecular formula is C30H24ClN3O5S2. The molecule has 3 atom stereocenters. The highest BCUT2D eigenvalue weighted by atomic mass is 35.5. The number of carbonyl (C=O) groups excluding carboxylic acids is 3. The summed E-state index contributed by atoms with van der Waals surface area (Å²) in [5.41, 5.74) is 2.77. The topological polar surface area (TPSA) is 97.7 Å². The van der Waals surface area contributed by atoms with Gasteiger partial charge in [0.2, 0.25) is 17.7 Å². The van der Waals surface area contributed by atoms with Gasteiger partial charge in [0.1, 0.15) is 17.5 Å². The van der Waals surface area contributed by atoms with Crippen LogP contribution in [-0.2, 0) is 20.9 Å². The van der Waals surface area contributed by atoms with Gasteiger partial charge in [0, 0.05) is 21.5 Å². The normalized spacial score (nSPS) is 19.6. The van der Waals surface area contributed by atoms with Crippen LogP contribution >= 0.6 is 34.7 Å². The fourth-order valence-corrected chi connectivity index (χ4v) is 8.22. The van der Waals surface area contributed by atoms with E-state index in [1.54, 1.807) is 49.6 Å². The number of thiazole rings is 1. The van der Waals surface area contributed by atoms with Crippen LogP contribution in [0.3, 0.4) is 0 Å². The molecule has 41 heavy (non-hydrogen) atoms. The third kappa shape index (κ3) is 4.86. The molecule has 8 nitrogen and oxygen atoms in total. The van der Waals surface area contributed by atoms with Gasteiger partial charge in [0.05, 0.1) is 23.7 Å². The van der Waals surface area contributed by atoms with Crippen molar-refractivity contribution in [1.82, 2.24) is 4.57 Å². The van der Waals surface area contributed by atoms with Crippen LogP contribution < -0.4 is 19.8 Å². The summed E-state index contributed by atoms with van der Waals surface area (Å²) in [6.45, 7) is 1.67. The van der Waals surface area contributed by atoms with Crippen molar-refractivity contribution < 1.29 is 19.1 Å². The van der Waals surface area contributed by atoms with Gasteiger partial charge in [-0.15, -0.1) is 0 Å². The number of carbonyl (C=O) groups is 3. The molecule has 0 radical (unpaired) electrons. The smallest absolute Gasteiger partial charge is 0.308 e. The van der Waals surface area contributed by atoms with E-state index in [1.165, 1.54) is 21.2 Å². The van der Waals surface area contributed by atoms with Gasteiger partial charge in [-0.2, -0.15) is 0 Å². The fourth-order valence-electron chi connectivity index (χ4n) is 5.32. The van der Waals surface area contributed by atoms with Gasteiger partial charge in [-0.25, -0.2) is 4.90 Å². The first kappa shape index (κ1) is 27.3. The molecule has 1 fully saturated rings. The molecule has 2 aliphatic rings. The van der Waals surface area contributed by atoms with Gasteiger partial charge < -0.3 is 10.1 Å². The summed E-state index contributed by atoms with van der Waals surface area (Å²) in [5.74, 6) is -1.76. The number of imide groups is 1. The number of anilines is 2. The molecule has 0 saturated carbocycles. The Morgan fingerprint density at radius 2 is 1.68 bits per heavy atom. The molecule has 6 rings (SSSR count). The maximum atomic E-state index is 14.0. The van der Waals surface area contributed by atoms with Gasteiger partial charge >= 0.3 is 4.87 Å². The summed E-state index contributed by atoms with van der Waals surface area (Å²) in [6, 6.07) is 21.2. The zero-order chi connectivity index (χ0) is 28.8. The number of amides is 3. The number of hydrogen-bond acceptors (Lipinski definition) is 7. The highest BCUT2D eigenvalue weighted by molar-refractivity contribution is 8.00. The van der Waals surface area contributed by atoms with Crippen molar-refractivity contribution in [2.45, 2.75) is 29.7 Å². The van der Waals surface area contributed by atoms with E-state index < -0.39 is 17.1 Å². The Morgan fingerprint density at radius 1 is 0.976 bits per heavy atom. The van der Waals surface area contributed by atoms with Crippen LogP contribution in [0.2, 0.25) is 5.02 Å². The minimum absolute atomic E-state index is 0.221. The molecule has 208 valence electrons. The number of fused-ring (bicyclic) bond motifs is 2. The maximum Gasteiger partial charge on any atom is 0.308 e. The summed E-state index contributed by atoms with van der Waals surface area (Å²) >= 11 is 8.35. The second kappa shape index (κ2) is 10.8. The largest absolute Gasteiger partial charge is 0.497 e. The highest BCUT2D eigenvalue weighted by Crippen LogP contribution is 2.54. The van der Waals surface area contributed by atoms with Gasteiger partial charge in [0.25, 0.3) is 0 Å². The number of halogens is 1. The Morgan fingerprint density at radius 3 is 2.37 bits per heavy atom. The number of methoxy groups -OCH3 is 1. The average Bonchev–Trinajstić information content (AvgIpc) is 3.41. The first-order valence-corrected chi connectivity index (χ1v) is 14.9. The number of rotatable bonds is 6. The second-order valence-electron chi connectivity index (χ2n) is 9.79. The van der Waals surface area contributed by atoms with E-state index in [0.29, 0.717) is 32.1 Å². The number of nitrogens with one attached hydrogen (secondary N) is 1. The van der Waals surface area contributed by atoms with E-state index in [1.807, 2.05) is 37.3 Å². The van der Waals surface area contributed by atoms with E-state index in [4.69, 9.17) is 16.3 Å². The Balaban J connectivity index is 1.40. The summed E-state index contributed by atoms with van der Waals surface area (Å²) in [4.78, 5) is 55.7. The third-order valence-corrected chi connectivity index (χ3v) is 10.2. The van der Waals surface area contributed by atoms with E-state index in [-0.39, 0.29) is 29.1 Å². The lowest BCUT2D eigenvalue weighted by molar-refractivity contribution is -0.122. The number of ether oxygens (including phenoxy) is 1. The van der Waals surface area contributed by atoms with Crippen molar-refractivity contribution in [3.8, 4) is 5.75 Å². The molecule has 1 saturated heterocycles. The van der Waals surface area contributed by atoms with Crippen molar-refractivity contribution >= 4 is 63.8 Å². The third-order valence-electron chi connectivity index (χ3n) is 7.33. The number of nitrogens with zero attached hydrogens (tertiary/aromatic N) is 2. The van der Waals surface area contributed by atoms with Crippen LogP contribution in [0.1, 0.15) is 21.9 Å². The summed E-state index contributed by atoms with van der Waals surface area (Å²) in [7, 11) is 1.54. The number of aryl methyl sites for hydroxylation is 1. The minimum Gasteiger partial charge on any atom is -0.497 e. The number of thioether (sulfide) groups is 1. The molecule has 3 aromatic carbocycles.